The predicted molar refractivity (Wildman–Crippen MR) is 104 cm³/mol. The summed E-state index contributed by atoms with van der Waals surface area (Å²) in [7, 11) is 0. The van der Waals surface area contributed by atoms with Gasteiger partial charge in [0.1, 0.15) is 0 Å². The minimum Gasteiger partial charge on any atom is -0.334 e. The first-order chi connectivity index (χ1) is 12.1. The normalized spacial score (nSPS) is 15.4. The first-order valence-corrected chi connectivity index (χ1v) is 9.10. The predicted octanol–water partition coefficient (Wildman–Crippen LogP) is 4.20. The lowest BCUT2D eigenvalue weighted by Crippen LogP contribution is -2.34. The molecular formula is C18H19ClN4O2S. The number of nitrogens with zero attached hydrogens (tertiary/aromatic N) is 2. The Morgan fingerprint density at radius 2 is 1.92 bits per heavy atom. The Hall–Kier alpha value is -2.22. The lowest BCUT2D eigenvalue weighted by molar-refractivity contribution is 0.103. The second-order valence-corrected chi connectivity index (χ2v) is 7.24. The average molecular weight is 391 g/mol. The number of rotatable bonds is 4. The van der Waals surface area contributed by atoms with Gasteiger partial charge in [-0.2, -0.15) is 4.98 Å². The van der Waals surface area contributed by atoms with Crippen molar-refractivity contribution >= 4 is 35.3 Å². The average Bonchev–Trinajstić information content (AvgIpc) is 3.37. The molecular weight excluding hydrogens is 372 g/mol. The van der Waals surface area contributed by atoms with E-state index in [0.29, 0.717) is 22.3 Å². The van der Waals surface area contributed by atoms with Crippen molar-refractivity contribution in [1.29, 1.82) is 0 Å². The minimum atomic E-state index is -0.462. The number of hydrogen-bond acceptors (Lipinski definition) is 6. The molecule has 3 aromatic rings. The molecule has 0 bridgehead atoms. The van der Waals surface area contributed by atoms with Gasteiger partial charge in [0.05, 0.1) is 10.4 Å². The first-order valence-electron chi connectivity index (χ1n) is 8.22. The van der Waals surface area contributed by atoms with E-state index < -0.39 is 5.54 Å². The third-order valence-electron chi connectivity index (χ3n) is 4.50. The Morgan fingerprint density at radius 1 is 1.19 bits per heavy atom. The molecule has 1 saturated carbocycles. The van der Waals surface area contributed by atoms with E-state index in [1.54, 1.807) is 6.07 Å². The van der Waals surface area contributed by atoms with Crippen LogP contribution < -0.4 is 11.1 Å². The molecule has 0 aliphatic heterocycles. The van der Waals surface area contributed by atoms with Gasteiger partial charge in [0.15, 0.2) is 5.82 Å². The molecule has 1 aromatic carbocycles. The maximum atomic E-state index is 12.1. The number of aromatic nitrogens is 2. The molecule has 1 aliphatic carbocycles. The fourth-order valence-electron chi connectivity index (χ4n) is 3.07. The number of benzene rings is 1. The van der Waals surface area contributed by atoms with Gasteiger partial charge in [0, 0.05) is 11.3 Å². The topological polar surface area (TPSA) is 94.0 Å². The largest absolute Gasteiger partial charge is 0.334 e. The summed E-state index contributed by atoms with van der Waals surface area (Å²) < 4.78 is 5.38. The number of carbonyl (C=O) groups is 1. The molecule has 1 amide bonds. The molecule has 6 nitrogen and oxygen atoms in total. The standard InChI is InChI=1S/C18H18N4O2S.ClH/c19-18(9-1-2-10-18)17-21-16(24-22-17)12-5-7-13(8-6-12)20-15(23)14-4-3-11-25-14;/h3-8,11H,1-2,9-10,19H2,(H,20,23);1H. The van der Waals surface area contributed by atoms with Crippen LogP contribution in [0.2, 0.25) is 0 Å². The van der Waals surface area contributed by atoms with Gasteiger partial charge in [-0.15, -0.1) is 23.7 Å². The molecule has 1 aliphatic rings. The molecule has 0 saturated heterocycles. The number of carbonyl (C=O) groups excluding carboxylic acids is 1. The van der Waals surface area contributed by atoms with Gasteiger partial charge in [-0.1, -0.05) is 24.1 Å². The molecule has 1 fully saturated rings. The lowest BCUT2D eigenvalue weighted by atomic mass is 9.99. The van der Waals surface area contributed by atoms with E-state index in [9.17, 15) is 4.79 Å². The summed E-state index contributed by atoms with van der Waals surface area (Å²) in [5, 5.41) is 8.81. The molecule has 4 rings (SSSR count). The third kappa shape index (κ3) is 3.65. The van der Waals surface area contributed by atoms with Crippen LogP contribution in [0.4, 0.5) is 5.69 Å². The van der Waals surface area contributed by atoms with Gasteiger partial charge in [0.2, 0.25) is 0 Å². The van der Waals surface area contributed by atoms with Crippen LogP contribution >= 0.6 is 23.7 Å². The van der Waals surface area contributed by atoms with Crippen molar-refractivity contribution in [1.82, 2.24) is 10.1 Å². The van der Waals surface area contributed by atoms with E-state index in [2.05, 4.69) is 15.5 Å². The molecule has 0 atom stereocenters. The van der Waals surface area contributed by atoms with Crippen molar-refractivity contribution < 1.29 is 9.32 Å². The van der Waals surface area contributed by atoms with Gasteiger partial charge < -0.3 is 15.6 Å². The quantitative estimate of drug-likeness (QED) is 0.696. The highest BCUT2D eigenvalue weighted by atomic mass is 35.5. The second kappa shape index (κ2) is 7.57. The number of halogens is 1. The van der Waals surface area contributed by atoms with Gasteiger partial charge >= 0.3 is 0 Å². The van der Waals surface area contributed by atoms with E-state index in [-0.39, 0.29) is 18.3 Å². The maximum Gasteiger partial charge on any atom is 0.265 e. The fraction of sp³-hybridized carbons (Fsp3) is 0.278. The summed E-state index contributed by atoms with van der Waals surface area (Å²) in [6.07, 6.45) is 3.97. The highest BCUT2D eigenvalue weighted by molar-refractivity contribution is 7.12. The zero-order valence-corrected chi connectivity index (χ0v) is 15.6. The van der Waals surface area contributed by atoms with Crippen LogP contribution in [-0.2, 0) is 5.54 Å². The van der Waals surface area contributed by atoms with E-state index >= 15 is 0 Å². The summed E-state index contributed by atoms with van der Waals surface area (Å²) in [4.78, 5) is 17.2. The molecule has 26 heavy (non-hydrogen) atoms. The number of nitrogens with one attached hydrogen (secondary N) is 1. The van der Waals surface area contributed by atoms with Crippen molar-refractivity contribution in [3.63, 3.8) is 0 Å². The minimum absolute atomic E-state index is 0. The Kier molecular flexibility index (Phi) is 5.41. The number of amides is 1. The Balaban J connectivity index is 0.00000196. The van der Waals surface area contributed by atoms with Gasteiger partial charge in [-0.25, -0.2) is 0 Å². The fourth-order valence-corrected chi connectivity index (χ4v) is 3.69. The molecule has 3 N–H and O–H groups in total. The molecule has 2 aromatic heterocycles. The van der Waals surface area contributed by atoms with E-state index in [1.165, 1.54) is 11.3 Å². The van der Waals surface area contributed by atoms with Crippen LogP contribution in [0.15, 0.2) is 46.3 Å². The van der Waals surface area contributed by atoms with Crippen molar-refractivity contribution in [2.45, 2.75) is 31.2 Å². The Morgan fingerprint density at radius 3 is 2.58 bits per heavy atom. The zero-order valence-electron chi connectivity index (χ0n) is 14.0. The van der Waals surface area contributed by atoms with Crippen LogP contribution in [0, 0.1) is 0 Å². The highest BCUT2D eigenvalue weighted by Crippen LogP contribution is 2.35. The van der Waals surface area contributed by atoms with Gasteiger partial charge in [-0.05, 0) is 48.6 Å². The highest BCUT2D eigenvalue weighted by Gasteiger charge is 2.36. The summed E-state index contributed by atoms with van der Waals surface area (Å²) in [6.45, 7) is 0. The maximum absolute atomic E-state index is 12.1. The summed E-state index contributed by atoms with van der Waals surface area (Å²) in [5.74, 6) is 0.909. The number of thiophene rings is 1. The van der Waals surface area contributed by atoms with Crippen LogP contribution in [0.1, 0.15) is 41.2 Å². The van der Waals surface area contributed by atoms with Gasteiger partial charge in [0.25, 0.3) is 11.8 Å². The number of nitrogens with two attached hydrogens (primary N) is 1. The van der Waals surface area contributed by atoms with Crippen LogP contribution in [-0.4, -0.2) is 16.0 Å². The van der Waals surface area contributed by atoms with Crippen molar-refractivity contribution in [2.75, 3.05) is 5.32 Å². The van der Waals surface area contributed by atoms with E-state index in [4.69, 9.17) is 10.3 Å². The van der Waals surface area contributed by atoms with Crippen molar-refractivity contribution in [3.8, 4) is 11.5 Å². The lowest BCUT2D eigenvalue weighted by Gasteiger charge is -2.17. The second-order valence-electron chi connectivity index (χ2n) is 6.30. The Labute approximate surface area is 161 Å². The molecule has 0 radical (unpaired) electrons. The van der Waals surface area contributed by atoms with E-state index in [1.807, 2.05) is 35.7 Å². The molecule has 136 valence electrons. The van der Waals surface area contributed by atoms with Crippen LogP contribution in [0.25, 0.3) is 11.5 Å². The summed E-state index contributed by atoms with van der Waals surface area (Å²) >= 11 is 1.41. The Bertz CT molecular complexity index is 871. The number of anilines is 1. The molecule has 0 spiro atoms. The molecule has 0 unspecified atom stereocenters. The van der Waals surface area contributed by atoms with E-state index in [0.717, 1.165) is 31.2 Å². The summed E-state index contributed by atoms with van der Waals surface area (Å²) in [5.41, 5.74) is 7.42. The number of hydrogen-bond donors (Lipinski definition) is 2. The monoisotopic (exact) mass is 390 g/mol. The third-order valence-corrected chi connectivity index (χ3v) is 5.37. The zero-order chi connectivity index (χ0) is 17.3. The SMILES string of the molecule is Cl.NC1(c2noc(-c3ccc(NC(=O)c4cccs4)cc3)n2)CCCC1. The molecule has 8 heteroatoms. The van der Waals surface area contributed by atoms with Crippen LogP contribution in [0.3, 0.4) is 0 Å². The summed E-state index contributed by atoms with van der Waals surface area (Å²) in [6, 6.07) is 11.0. The van der Waals surface area contributed by atoms with Crippen LogP contribution in [0.5, 0.6) is 0 Å². The smallest absolute Gasteiger partial charge is 0.265 e. The van der Waals surface area contributed by atoms with Gasteiger partial charge in [-0.3, -0.25) is 4.79 Å². The van der Waals surface area contributed by atoms with Crippen molar-refractivity contribution in [3.05, 3.63) is 52.5 Å². The molecule has 2 heterocycles. The van der Waals surface area contributed by atoms with Crippen molar-refractivity contribution in [2.24, 2.45) is 5.73 Å². The first kappa shape index (κ1) is 18.6.